The Kier molecular flexibility index (Phi) is 7.00. The van der Waals surface area contributed by atoms with Gasteiger partial charge < -0.3 is 9.84 Å². The number of carbonyl (C=O) groups excluding carboxylic acids is 1. The fourth-order valence-corrected chi connectivity index (χ4v) is 1.21. The van der Waals surface area contributed by atoms with E-state index in [4.69, 9.17) is 11.6 Å². The van der Waals surface area contributed by atoms with Crippen LogP contribution in [0.2, 0.25) is 0 Å². The number of hydrogen-bond donors (Lipinski definition) is 1. The van der Waals surface area contributed by atoms with Crippen LogP contribution in [0.5, 0.6) is 0 Å². The molecule has 0 aliphatic rings. The third-order valence-electron chi connectivity index (χ3n) is 1.64. The molecule has 0 rings (SSSR count). The lowest BCUT2D eigenvalue weighted by Gasteiger charge is -2.12. The van der Waals surface area contributed by atoms with Gasteiger partial charge in [-0.1, -0.05) is 13.8 Å². The van der Waals surface area contributed by atoms with Crippen LogP contribution in [0.25, 0.3) is 0 Å². The molecule has 0 saturated carbocycles. The average Bonchev–Trinajstić information content (AvgIpc) is 1.96. The second kappa shape index (κ2) is 7.15. The first-order valence-corrected chi connectivity index (χ1v) is 4.90. The lowest BCUT2D eigenvalue weighted by Crippen LogP contribution is -2.11. The van der Waals surface area contributed by atoms with E-state index in [1.54, 1.807) is 0 Å². The van der Waals surface area contributed by atoms with Crippen molar-refractivity contribution < 1.29 is 14.6 Å². The Morgan fingerprint density at radius 3 is 2.62 bits per heavy atom. The number of rotatable bonds is 6. The molecule has 0 heterocycles. The largest absolute Gasteiger partial charge is 0.454 e. The normalized spacial score (nSPS) is 13.0. The van der Waals surface area contributed by atoms with Gasteiger partial charge in [0.1, 0.15) is 0 Å². The Morgan fingerprint density at radius 2 is 2.15 bits per heavy atom. The SMILES string of the molecule is CC(C)CC(O)CCCOC(=O)Cl. The topological polar surface area (TPSA) is 46.5 Å². The Labute approximate surface area is 84.0 Å². The molecular weight excluding hydrogens is 192 g/mol. The number of aliphatic hydroxyl groups excluding tert-OH is 1. The highest BCUT2D eigenvalue weighted by Gasteiger charge is 2.06. The van der Waals surface area contributed by atoms with E-state index in [9.17, 15) is 9.90 Å². The Morgan fingerprint density at radius 1 is 1.54 bits per heavy atom. The molecule has 0 spiro atoms. The number of aliphatic hydroxyl groups is 1. The molecule has 1 unspecified atom stereocenters. The minimum Gasteiger partial charge on any atom is -0.454 e. The first-order valence-electron chi connectivity index (χ1n) is 4.52. The average molecular weight is 209 g/mol. The number of halogens is 1. The predicted octanol–water partition coefficient (Wildman–Crippen LogP) is 2.55. The molecule has 0 aromatic carbocycles. The number of hydrogen-bond acceptors (Lipinski definition) is 3. The summed E-state index contributed by atoms with van der Waals surface area (Å²) in [6.45, 7) is 4.40. The molecule has 3 nitrogen and oxygen atoms in total. The predicted molar refractivity (Wildman–Crippen MR) is 51.9 cm³/mol. The molecule has 0 aromatic heterocycles. The smallest absolute Gasteiger partial charge is 0.403 e. The second-order valence-electron chi connectivity index (χ2n) is 3.51. The van der Waals surface area contributed by atoms with E-state index in [2.05, 4.69) is 18.6 Å². The summed E-state index contributed by atoms with van der Waals surface area (Å²) in [6, 6.07) is 0. The maximum Gasteiger partial charge on any atom is 0.403 e. The van der Waals surface area contributed by atoms with E-state index < -0.39 is 5.43 Å². The van der Waals surface area contributed by atoms with Gasteiger partial charge in [-0.25, -0.2) is 4.79 Å². The van der Waals surface area contributed by atoms with Crippen LogP contribution in [0.15, 0.2) is 0 Å². The molecule has 13 heavy (non-hydrogen) atoms. The van der Waals surface area contributed by atoms with E-state index in [0.717, 1.165) is 6.42 Å². The van der Waals surface area contributed by atoms with Crippen molar-refractivity contribution in [3.05, 3.63) is 0 Å². The molecular formula is C9H17ClO3. The summed E-state index contributed by atoms with van der Waals surface area (Å²) in [5.74, 6) is 0.491. The van der Waals surface area contributed by atoms with Gasteiger partial charge in [-0.05, 0) is 25.2 Å². The quantitative estimate of drug-likeness (QED) is 0.539. The Bertz CT molecular complexity index is 148. The summed E-state index contributed by atoms with van der Waals surface area (Å²) < 4.78 is 4.51. The van der Waals surface area contributed by atoms with Gasteiger partial charge in [-0.15, -0.1) is 0 Å². The summed E-state index contributed by atoms with van der Waals surface area (Å²) >= 11 is 4.95. The van der Waals surface area contributed by atoms with E-state index >= 15 is 0 Å². The Hall–Kier alpha value is -0.280. The summed E-state index contributed by atoms with van der Waals surface area (Å²) in [4.78, 5) is 10.1. The van der Waals surface area contributed by atoms with Gasteiger partial charge in [0, 0.05) is 11.6 Å². The van der Waals surface area contributed by atoms with Crippen molar-refractivity contribution in [1.82, 2.24) is 0 Å². The van der Waals surface area contributed by atoms with E-state index in [1.807, 2.05) is 0 Å². The van der Waals surface area contributed by atoms with Crippen LogP contribution < -0.4 is 0 Å². The molecule has 0 saturated heterocycles. The van der Waals surface area contributed by atoms with Crippen molar-refractivity contribution >= 4 is 17.0 Å². The highest BCUT2D eigenvalue weighted by atomic mass is 35.5. The van der Waals surface area contributed by atoms with Crippen LogP contribution in [0.1, 0.15) is 33.1 Å². The number of ether oxygens (including phenoxy) is 1. The van der Waals surface area contributed by atoms with Crippen LogP contribution in [-0.2, 0) is 4.74 Å². The number of carbonyl (C=O) groups is 1. The van der Waals surface area contributed by atoms with Gasteiger partial charge in [-0.2, -0.15) is 0 Å². The van der Waals surface area contributed by atoms with Gasteiger partial charge in [-0.3, -0.25) is 0 Å². The molecule has 4 heteroatoms. The zero-order valence-electron chi connectivity index (χ0n) is 8.12. The molecule has 0 bridgehead atoms. The van der Waals surface area contributed by atoms with Gasteiger partial charge in [0.05, 0.1) is 12.7 Å². The molecule has 0 aliphatic carbocycles. The molecule has 78 valence electrons. The highest BCUT2D eigenvalue weighted by molar-refractivity contribution is 6.61. The highest BCUT2D eigenvalue weighted by Crippen LogP contribution is 2.09. The van der Waals surface area contributed by atoms with Crippen LogP contribution in [0, 0.1) is 5.92 Å². The van der Waals surface area contributed by atoms with Crippen molar-refractivity contribution in [3.63, 3.8) is 0 Å². The van der Waals surface area contributed by atoms with Crippen LogP contribution in [0.4, 0.5) is 4.79 Å². The first kappa shape index (κ1) is 12.7. The van der Waals surface area contributed by atoms with Crippen molar-refractivity contribution in [3.8, 4) is 0 Å². The fraction of sp³-hybridized carbons (Fsp3) is 0.889. The van der Waals surface area contributed by atoms with E-state index in [0.29, 0.717) is 18.8 Å². The Balaban J connectivity index is 3.26. The third kappa shape index (κ3) is 9.64. The van der Waals surface area contributed by atoms with E-state index in [1.165, 1.54) is 0 Å². The summed E-state index contributed by atoms with van der Waals surface area (Å²) in [7, 11) is 0. The van der Waals surface area contributed by atoms with Crippen LogP contribution in [0.3, 0.4) is 0 Å². The maximum atomic E-state index is 10.1. The summed E-state index contributed by atoms with van der Waals surface area (Å²) in [6.07, 6.45) is 1.80. The summed E-state index contributed by atoms with van der Waals surface area (Å²) in [5.41, 5.74) is -0.779. The molecule has 0 aliphatic heterocycles. The van der Waals surface area contributed by atoms with Gasteiger partial charge in [0.25, 0.3) is 0 Å². The molecule has 1 atom stereocenters. The third-order valence-corrected chi connectivity index (χ3v) is 1.75. The maximum absolute atomic E-state index is 10.1. The lowest BCUT2D eigenvalue weighted by molar-refractivity contribution is 0.121. The minimum atomic E-state index is -0.779. The molecule has 0 amide bonds. The fourth-order valence-electron chi connectivity index (χ4n) is 1.13. The van der Waals surface area contributed by atoms with Gasteiger partial charge in [0.15, 0.2) is 0 Å². The van der Waals surface area contributed by atoms with Gasteiger partial charge in [0.2, 0.25) is 0 Å². The molecule has 0 aromatic rings. The van der Waals surface area contributed by atoms with E-state index in [-0.39, 0.29) is 12.7 Å². The van der Waals surface area contributed by atoms with Crippen LogP contribution >= 0.6 is 11.6 Å². The zero-order chi connectivity index (χ0) is 10.3. The van der Waals surface area contributed by atoms with Crippen molar-refractivity contribution in [2.75, 3.05) is 6.61 Å². The zero-order valence-corrected chi connectivity index (χ0v) is 8.88. The van der Waals surface area contributed by atoms with Crippen LogP contribution in [-0.4, -0.2) is 23.2 Å². The second-order valence-corrected chi connectivity index (χ2v) is 3.82. The lowest BCUT2D eigenvalue weighted by atomic mass is 10.0. The molecule has 0 fully saturated rings. The standard InChI is InChI=1S/C9H17ClO3/c1-7(2)6-8(11)4-3-5-13-9(10)12/h7-8,11H,3-6H2,1-2H3. The van der Waals surface area contributed by atoms with Crippen molar-refractivity contribution in [2.45, 2.75) is 39.2 Å². The summed E-state index contributed by atoms with van der Waals surface area (Å²) in [5, 5.41) is 9.41. The van der Waals surface area contributed by atoms with Crippen molar-refractivity contribution in [1.29, 1.82) is 0 Å². The minimum absolute atomic E-state index is 0.289. The van der Waals surface area contributed by atoms with Crippen molar-refractivity contribution in [2.24, 2.45) is 5.92 Å². The molecule has 1 N–H and O–H groups in total. The van der Waals surface area contributed by atoms with Gasteiger partial charge >= 0.3 is 5.43 Å². The first-order chi connectivity index (χ1) is 6.02. The molecule has 0 radical (unpaired) electrons. The monoisotopic (exact) mass is 208 g/mol.